The minimum absolute atomic E-state index is 0.0352. The molecule has 2 aromatic carbocycles. The Hall–Kier alpha value is -3.29. The summed E-state index contributed by atoms with van der Waals surface area (Å²) in [6, 6.07) is 25.0. The summed E-state index contributed by atoms with van der Waals surface area (Å²) < 4.78 is 13.9. The van der Waals surface area contributed by atoms with Crippen molar-refractivity contribution in [2.24, 2.45) is 0 Å². The van der Waals surface area contributed by atoms with Gasteiger partial charge in [-0.05, 0) is 36.1 Å². The number of ether oxygens (including phenoxy) is 2. The van der Waals surface area contributed by atoms with Crippen molar-refractivity contribution in [3.8, 4) is 6.01 Å². The fourth-order valence-corrected chi connectivity index (χ4v) is 4.11. The van der Waals surface area contributed by atoms with E-state index in [-0.39, 0.29) is 12.2 Å². The molecular formula is C25H27N5O2. The van der Waals surface area contributed by atoms with E-state index in [4.69, 9.17) is 9.47 Å². The molecule has 0 bridgehead atoms. The van der Waals surface area contributed by atoms with E-state index in [0.717, 1.165) is 32.5 Å². The number of hydrogen-bond donors (Lipinski definition) is 0. The fraction of sp³-hybridized carbons (Fsp3) is 0.320. The first-order chi connectivity index (χ1) is 15.8. The van der Waals surface area contributed by atoms with Crippen LogP contribution >= 0.6 is 0 Å². The minimum Gasteiger partial charge on any atom is -0.461 e. The first kappa shape index (κ1) is 20.6. The molecule has 1 fully saturated rings. The lowest BCUT2D eigenvalue weighted by atomic mass is 10.00. The number of likely N-dealkylation sites (tertiary alicyclic amines) is 1. The van der Waals surface area contributed by atoms with Gasteiger partial charge in [0, 0.05) is 25.8 Å². The Morgan fingerprint density at radius 2 is 1.56 bits per heavy atom. The standard InChI is InChI=1S/C25H27N5O2/c1-3-8-20(9-4-1)24(21-10-5-2-6-11-21)32-22-13-16-29(17-14-22)18-19-31-25-27-23-12-7-15-26-30(23)28-25/h1-12,15,22,24H,13-14,16-19H2. The van der Waals surface area contributed by atoms with E-state index in [1.165, 1.54) is 15.8 Å². The molecule has 7 nitrogen and oxygen atoms in total. The Bertz CT molecular complexity index is 1040. The Balaban J connectivity index is 1.13. The molecule has 4 aromatic rings. The van der Waals surface area contributed by atoms with Crippen molar-refractivity contribution in [2.75, 3.05) is 26.2 Å². The number of nitrogens with zero attached hydrogens (tertiary/aromatic N) is 5. The smallest absolute Gasteiger partial charge is 0.337 e. The van der Waals surface area contributed by atoms with Gasteiger partial charge in [-0.3, -0.25) is 4.90 Å². The van der Waals surface area contributed by atoms with E-state index in [9.17, 15) is 0 Å². The lowest BCUT2D eigenvalue weighted by Crippen LogP contribution is -2.39. The second-order valence-corrected chi connectivity index (χ2v) is 7.99. The van der Waals surface area contributed by atoms with Crippen LogP contribution in [-0.4, -0.2) is 57.1 Å². The van der Waals surface area contributed by atoms with Crippen LogP contribution in [0.4, 0.5) is 0 Å². The normalized spacial score (nSPS) is 15.4. The van der Waals surface area contributed by atoms with Crippen LogP contribution in [-0.2, 0) is 4.74 Å². The maximum atomic E-state index is 6.63. The maximum absolute atomic E-state index is 6.63. The molecule has 0 aliphatic carbocycles. The Morgan fingerprint density at radius 1 is 0.875 bits per heavy atom. The molecule has 32 heavy (non-hydrogen) atoms. The summed E-state index contributed by atoms with van der Waals surface area (Å²) in [5, 5.41) is 8.35. The third-order valence-electron chi connectivity index (χ3n) is 5.81. The number of fused-ring (bicyclic) bond motifs is 1. The van der Waals surface area contributed by atoms with Crippen LogP contribution in [0.2, 0.25) is 0 Å². The van der Waals surface area contributed by atoms with Crippen LogP contribution in [0.25, 0.3) is 5.65 Å². The zero-order valence-electron chi connectivity index (χ0n) is 18.0. The summed E-state index contributed by atoms with van der Waals surface area (Å²) in [5.41, 5.74) is 3.08. The van der Waals surface area contributed by atoms with E-state index >= 15 is 0 Å². The monoisotopic (exact) mass is 429 g/mol. The van der Waals surface area contributed by atoms with Gasteiger partial charge < -0.3 is 9.47 Å². The van der Waals surface area contributed by atoms with Gasteiger partial charge in [-0.2, -0.15) is 10.1 Å². The predicted octanol–water partition coefficient (Wildman–Crippen LogP) is 3.77. The molecule has 0 radical (unpaired) electrons. The zero-order chi connectivity index (χ0) is 21.6. The summed E-state index contributed by atoms with van der Waals surface area (Å²) in [6.07, 6.45) is 3.90. The largest absolute Gasteiger partial charge is 0.461 e. The molecule has 2 aromatic heterocycles. The SMILES string of the molecule is c1ccc(C(OC2CCN(CCOc3nc4cccnn4n3)CC2)c2ccccc2)cc1. The minimum atomic E-state index is -0.0352. The molecule has 0 spiro atoms. The number of rotatable bonds is 8. The van der Waals surface area contributed by atoms with Gasteiger partial charge in [0.15, 0.2) is 5.65 Å². The Morgan fingerprint density at radius 3 is 2.22 bits per heavy atom. The van der Waals surface area contributed by atoms with Gasteiger partial charge >= 0.3 is 6.01 Å². The Labute approximate surface area is 187 Å². The van der Waals surface area contributed by atoms with Crippen LogP contribution in [0.5, 0.6) is 6.01 Å². The highest BCUT2D eigenvalue weighted by molar-refractivity contribution is 5.35. The van der Waals surface area contributed by atoms with Gasteiger partial charge in [-0.15, -0.1) is 4.63 Å². The average molecular weight is 430 g/mol. The molecule has 5 rings (SSSR count). The van der Waals surface area contributed by atoms with Crippen LogP contribution in [0.3, 0.4) is 0 Å². The number of hydrogen-bond acceptors (Lipinski definition) is 6. The second-order valence-electron chi connectivity index (χ2n) is 7.99. The molecule has 1 aliphatic rings. The van der Waals surface area contributed by atoms with Crippen LogP contribution in [0, 0.1) is 0 Å². The predicted molar refractivity (Wildman–Crippen MR) is 122 cm³/mol. The van der Waals surface area contributed by atoms with E-state index in [1.807, 2.05) is 24.3 Å². The summed E-state index contributed by atoms with van der Waals surface area (Å²) >= 11 is 0. The van der Waals surface area contributed by atoms with Gasteiger partial charge in [-0.25, -0.2) is 0 Å². The molecule has 3 heterocycles. The first-order valence-corrected chi connectivity index (χ1v) is 11.1. The van der Waals surface area contributed by atoms with Crippen LogP contribution in [0.15, 0.2) is 79.0 Å². The molecule has 1 aliphatic heterocycles. The molecule has 0 amide bonds. The topological polar surface area (TPSA) is 64.8 Å². The van der Waals surface area contributed by atoms with Gasteiger partial charge in [0.1, 0.15) is 12.7 Å². The lowest BCUT2D eigenvalue weighted by molar-refractivity contribution is -0.0283. The third-order valence-corrected chi connectivity index (χ3v) is 5.81. The molecule has 0 N–H and O–H groups in total. The van der Waals surface area contributed by atoms with Crippen molar-refractivity contribution >= 4 is 5.65 Å². The van der Waals surface area contributed by atoms with Crippen LogP contribution < -0.4 is 4.74 Å². The van der Waals surface area contributed by atoms with Crippen molar-refractivity contribution in [3.63, 3.8) is 0 Å². The van der Waals surface area contributed by atoms with Gasteiger partial charge in [0.2, 0.25) is 0 Å². The van der Waals surface area contributed by atoms with E-state index in [1.54, 1.807) is 6.20 Å². The van der Waals surface area contributed by atoms with E-state index < -0.39 is 0 Å². The number of piperidine rings is 1. The molecule has 0 unspecified atom stereocenters. The highest BCUT2D eigenvalue weighted by atomic mass is 16.5. The molecule has 0 saturated carbocycles. The van der Waals surface area contributed by atoms with Gasteiger partial charge in [0.05, 0.1) is 6.10 Å². The summed E-state index contributed by atoms with van der Waals surface area (Å²) in [6.45, 7) is 3.38. The number of benzene rings is 2. The molecule has 0 atom stereocenters. The number of aromatic nitrogens is 4. The fourth-order valence-electron chi connectivity index (χ4n) is 4.11. The third kappa shape index (κ3) is 4.95. The highest BCUT2D eigenvalue weighted by Crippen LogP contribution is 2.29. The molecule has 164 valence electrons. The van der Waals surface area contributed by atoms with Crippen molar-refractivity contribution in [3.05, 3.63) is 90.1 Å². The molecule has 7 heteroatoms. The summed E-state index contributed by atoms with van der Waals surface area (Å²) in [7, 11) is 0. The molecule has 1 saturated heterocycles. The van der Waals surface area contributed by atoms with E-state index in [0.29, 0.717) is 18.3 Å². The zero-order valence-corrected chi connectivity index (χ0v) is 18.0. The van der Waals surface area contributed by atoms with Crippen molar-refractivity contribution < 1.29 is 9.47 Å². The quantitative estimate of drug-likeness (QED) is 0.425. The molecular weight excluding hydrogens is 402 g/mol. The van der Waals surface area contributed by atoms with Crippen molar-refractivity contribution in [1.82, 2.24) is 24.7 Å². The second kappa shape index (κ2) is 9.89. The van der Waals surface area contributed by atoms with Gasteiger partial charge in [-0.1, -0.05) is 65.8 Å². The average Bonchev–Trinajstić information content (AvgIpc) is 3.27. The van der Waals surface area contributed by atoms with Crippen molar-refractivity contribution in [2.45, 2.75) is 25.0 Å². The van der Waals surface area contributed by atoms with E-state index in [2.05, 4.69) is 68.6 Å². The highest BCUT2D eigenvalue weighted by Gasteiger charge is 2.24. The van der Waals surface area contributed by atoms with Gasteiger partial charge in [0.25, 0.3) is 0 Å². The maximum Gasteiger partial charge on any atom is 0.337 e. The Kier molecular flexibility index (Phi) is 6.37. The van der Waals surface area contributed by atoms with Crippen LogP contribution in [0.1, 0.15) is 30.1 Å². The van der Waals surface area contributed by atoms with Crippen molar-refractivity contribution in [1.29, 1.82) is 0 Å². The lowest BCUT2D eigenvalue weighted by Gasteiger charge is -2.34. The summed E-state index contributed by atoms with van der Waals surface area (Å²) in [4.78, 5) is 6.74. The first-order valence-electron chi connectivity index (χ1n) is 11.1. The summed E-state index contributed by atoms with van der Waals surface area (Å²) in [5.74, 6) is 0.